The molecule has 138 valence electrons. The van der Waals surface area contributed by atoms with Gasteiger partial charge in [-0.05, 0) is 29.8 Å². The van der Waals surface area contributed by atoms with E-state index >= 15 is 0 Å². The second-order valence-corrected chi connectivity index (χ2v) is 6.09. The number of rotatable bonds is 7. The fourth-order valence-electron chi connectivity index (χ4n) is 2.64. The maximum Gasteiger partial charge on any atom is 0.316 e. The normalized spacial score (nSPS) is 10.4. The lowest BCUT2D eigenvalue weighted by molar-refractivity contribution is -0.121. The van der Waals surface area contributed by atoms with Gasteiger partial charge in [0.2, 0.25) is 5.91 Å². The summed E-state index contributed by atoms with van der Waals surface area (Å²) in [5, 5.41) is 5.37. The fourth-order valence-corrected chi connectivity index (χ4v) is 2.64. The highest BCUT2D eigenvalue weighted by molar-refractivity contribution is 5.87. The first-order chi connectivity index (χ1) is 13.1. The Morgan fingerprint density at radius 3 is 2.37 bits per heavy atom. The van der Waals surface area contributed by atoms with E-state index in [1.807, 2.05) is 54.6 Å². The molecule has 3 rings (SSSR count). The van der Waals surface area contributed by atoms with Gasteiger partial charge in [0.1, 0.15) is 11.5 Å². The maximum absolute atomic E-state index is 12.1. The summed E-state index contributed by atoms with van der Waals surface area (Å²) in [6.07, 6.45) is 0.892. The number of hydrogen-bond donors (Lipinski definition) is 3. The van der Waals surface area contributed by atoms with Gasteiger partial charge in [-0.25, -0.2) is 4.79 Å². The largest absolute Gasteiger partial charge is 0.461 e. The zero-order valence-electron chi connectivity index (χ0n) is 14.8. The average molecular weight is 363 g/mol. The van der Waals surface area contributed by atoms with Crippen molar-refractivity contribution in [3.05, 3.63) is 78.1 Å². The lowest BCUT2D eigenvalue weighted by atomic mass is 10.2. The summed E-state index contributed by atoms with van der Waals surface area (Å²) in [7, 11) is 0. The minimum atomic E-state index is -0.607. The lowest BCUT2D eigenvalue weighted by Crippen LogP contribution is -2.23. The van der Waals surface area contributed by atoms with E-state index in [-0.39, 0.29) is 5.91 Å². The predicted octanol–water partition coefficient (Wildman–Crippen LogP) is 3.69. The van der Waals surface area contributed by atoms with Crippen LogP contribution in [0.1, 0.15) is 17.7 Å². The van der Waals surface area contributed by atoms with Crippen LogP contribution in [0, 0.1) is 0 Å². The molecule has 27 heavy (non-hydrogen) atoms. The van der Waals surface area contributed by atoms with Crippen LogP contribution in [-0.4, -0.2) is 11.9 Å². The van der Waals surface area contributed by atoms with E-state index in [9.17, 15) is 9.59 Å². The number of nitrogens with two attached hydrogens (primary N) is 1. The highest BCUT2D eigenvalue weighted by atomic mass is 16.3. The number of anilines is 1. The van der Waals surface area contributed by atoms with Crippen molar-refractivity contribution in [2.24, 2.45) is 5.73 Å². The van der Waals surface area contributed by atoms with Crippen LogP contribution in [0.5, 0.6) is 0 Å². The molecular weight excluding hydrogens is 342 g/mol. The SMILES string of the molecule is NC(=O)Nc1ccc(CNC(=O)CCc2ccc(-c3ccccc3)o2)cc1. The molecule has 0 saturated carbocycles. The summed E-state index contributed by atoms with van der Waals surface area (Å²) in [6, 6.07) is 20.2. The zero-order chi connectivity index (χ0) is 19.1. The second-order valence-electron chi connectivity index (χ2n) is 6.09. The van der Waals surface area contributed by atoms with Crippen LogP contribution in [0.15, 0.2) is 71.1 Å². The van der Waals surface area contributed by atoms with Crippen molar-refractivity contribution in [2.45, 2.75) is 19.4 Å². The van der Waals surface area contributed by atoms with Gasteiger partial charge in [-0.1, -0.05) is 42.5 Å². The molecule has 0 aliphatic carbocycles. The smallest absolute Gasteiger partial charge is 0.316 e. The van der Waals surface area contributed by atoms with Crippen LogP contribution in [0.25, 0.3) is 11.3 Å². The Balaban J connectivity index is 1.45. The summed E-state index contributed by atoms with van der Waals surface area (Å²) in [5.74, 6) is 1.54. The van der Waals surface area contributed by atoms with Crippen LogP contribution >= 0.6 is 0 Å². The topological polar surface area (TPSA) is 97.4 Å². The van der Waals surface area contributed by atoms with Crippen LogP contribution in [0.3, 0.4) is 0 Å². The van der Waals surface area contributed by atoms with Gasteiger partial charge in [0, 0.05) is 30.6 Å². The minimum absolute atomic E-state index is 0.0491. The molecule has 4 N–H and O–H groups in total. The molecule has 0 fully saturated rings. The van der Waals surface area contributed by atoms with E-state index in [0.717, 1.165) is 22.6 Å². The summed E-state index contributed by atoms with van der Waals surface area (Å²) >= 11 is 0. The van der Waals surface area contributed by atoms with Crippen molar-refractivity contribution < 1.29 is 14.0 Å². The number of furan rings is 1. The second kappa shape index (κ2) is 8.71. The molecule has 1 heterocycles. The van der Waals surface area contributed by atoms with Crippen LogP contribution in [-0.2, 0) is 17.8 Å². The van der Waals surface area contributed by atoms with Gasteiger partial charge in [0.15, 0.2) is 0 Å². The molecule has 0 spiro atoms. The van der Waals surface area contributed by atoms with Crippen molar-refractivity contribution in [1.82, 2.24) is 5.32 Å². The molecule has 3 amide bonds. The molecule has 0 atom stereocenters. The van der Waals surface area contributed by atoms with Crippen LogP contribution < -0.4 is 16.4 Å². The number of urea groups is 1. The Kier molecular flexibility index (Phi) is 5.89. The molecule has 0 saturated heterocycles. The number of primary amides is 1. The first-order valence-electron chi connectivity index (χ1n) is 8.66. The van der Waals surface area contributed by atoms with Crippen LogP contribution in [0.4, 0.5) is 10.5 Å². The molecule has 0 bridgehead atoms. The summed E-state index contributed by atoms with van der Waals surface area (Å²) < 4.78 is 5.80. The van der Waals surface area contributed by atoms with Crippen molar-refractivity contribution in [3.8, 4) is 11.3 Å². The third-order valence-electron chi connectivity index (χ3n) is 4.03. The number of carbonyl (C=O) groups is 2. The molecule has 6 nitrogen and oxygen atoms in total. The first-order valence-corrected chi connectivity index (χ1v) is 8.66. The van der Waals surface area contributed by atoms with Crippen LogP contribution in [0.2, 0.25) is 0 Å². The minimum Gasteiger partial charge on any atom is -0.461 e. The van der Waals surface area contributed by atoms with Crippen molar-refractivity contribution in [2.75, 3.05) is 5.32 Å². The Bertz CT molecular complexity index is 902. The van der Waals surface area contributed by atoms with E-state index in [2.05, 4.69) is 10.6 Å². The molecule has 0 radical (unpaired) electrons. The molecule has 0 unspecified atom stereocenters. The first kappa shape index (κ1) is 18.3. The Hall–Kier alpha value is -3.54. The number of aryl methyl sites for hydroxylation is 1. The Morgan fingerprint density at radius 1 is 0.926 bits per heavy atom. The molecule has 3 aromatic rings. The van der Waals surface area contributed by atoms with E-state index < -0.39 is 6.03 Å². The number of hydrogen-bond acceptors (Lipinski definition) is 3. The lowest BCUT2D eigenvalue weighted by Gasteiger charge is -2.06. The average Bonchev–Trinajstić information content (AvgIpc) is 3.15. The van der Waals surface area contributed by atoms with E-state index in [1.165, 1.54) is 0 Å². The van der Waals surface area contributed by atoms with Crippen molar-refractivity contribution in [3.63, 3.8) is 0 Å². The molecule has 6 heteroatoms. The number of nitrogens with one attached hydrogen (secondary N) is 2. The van der Waals surface area contributed by atoms with Gasteiger partial charge in [-0.3, -0.25) is 4.79 Å². The van der Waals surface area contributed by atoms with Gasteiger partial charge in [0.25, 0.3) is 0 Å². The molecular formula is C21H21N3O3. The zero-order valence-corrected chi connectivity index (χ0v) is 14.8. The predicted molar refractivity (Wildman–Crippen MR) is 104 cm³/mol. The number of benzene rings is 2. The highest BCUT2D eigenvalue weighted by Gasteiger charge is 2.07. The molecule has 2 aromatic carbocycles. The summed E-state index contributed by atoms with van der Waals surface area (Å²) in [4.78, 5) is 22.8. The van der Waals surface area contributed by atoms with Gasteiger partial charge in [0.05, 0.1) is 0 Å². The highest BCUT2D eigenvalue weighted by Crippen LogP contribution is 2.22. The standard InChI is InChI=1S/C21H21N3O3/c22-21(26)24-17-8-6-15(7-9-17)14-23-20(25)13-11-18-10-12-19(27-18)16-4-2-1-3-5-16/h1-10,12H,11,13-14H2,(H,23,25)(H3,22,24,26). The van der Waals surface area contributed by atoms with Gasteiger partial charge < -0.3 is 20.8 Å². The van der Waals surface area contributed by atoms with Gasteiger partial charge in [-0.15, -0.1) is 0 Å². The van der Waals surface area contributed by atoms with Crippen molar-refractivity contribution in [1.29, 1.82) is 0 Å². The Morgan fingerprint density at radius 2 is 1.67 bits per heavy atom. The van der Waals surface area contributed by atoms with E-state index in [4.69, 9.17) is 10.2 Å². The monoisotopic (exact) mass is 363 g/mol. The van der Waals surface area contributed by atoms with Gasteiger partial charge >= 0.3 is 6.03 Å². The van der Waals surface area contributed by atoms with Crippen molar-refractivity contribution >= 4 is 17.6 Å². The summed E-state index contributed by atoms with van der Waals surface area (Å²) in [6.45, 7) is 0.420. The number of amides is 3. The quantitative estimate of drug-likeness (QED) is 0.597. The third kappa shape index (κ3) is 5.47. The van der Waals surface area contributed by atoms with E-state index in [0.29, 0.717) is 25.1 Å². The molecule has 1 aromatic heterocycles. The fraction of sp³-hybridized carbons (Fsp3) is 0.143. The number of carbonyl (C=O) groups excluding carboxylic acids is 2. The van der Waals surface area contributed by atoms with Gasteiger partial charge in [-0.2, -0.15) is 0 Å². The molecule has 0 aliphatic heterocycles. The molecule has 0 aliphatic rings. The third-order valence-corrected chi connectivity index (χ3v) is 4.03. The van der Waals surface area contributed by atoms with E-state index in [1.54, 1.807) is 12.1 Å². The maximum atomic E-state index is 12.1. The Labute approximate surface area is 157 Å². The summed E-state index contributed by atoms with van der Waals surface area (Å²) in [5.41, 5.74) is 7.63.